The molecule has 0 aliphatic carbocycles. The van der Waals surface area contributed by atoms with Crippen molar-refractivity contribution in [2.45, 2.75) is 26.4 Å². The van der Waals surface area contributed by atoms with Gasteiger partial charge in [-0.1, -0.05) is 19.1 Å². The number of nitrogens with one attached hydrogen (secondary N) is 1. The molecule has 0 saturated heterocycles. The highest BCUT2D eigenvalue weighted by Gasteiger charge is 2.17. The molecular formula is C19H21BrN4O. The molecule has 3 rings (SSSR count). The number of carbonyl (C=O) groups excluding carboxylic acids is 1. The number of hydrogen-bond acceptors (Lipinski definition) is 2. The largest absolute Gasteiger partial charge is 0.349 e. The minimum absolute atomic E-state index is 0.0219. The minimum Gasteiger partial charge on any atom is -0.349 e. The first-order valence-electron chi connectivity index (χ1n) is 8.24. The molecule has 3 aromatic rings. The summed E-state index contributed by atoms with van der Waals surface area (Å²) in [4.78, 5) is 12.4. The molecule has 2 unspecified atom stereocenters. The molecule has 5 nitrogen and oxygen atoms in total. The first kappa shape index (κ1) is 17.5. The maximum atomic E-state index is 12.4. The molecule has 0 aliphatic rings. The van der Waals surface area contributed by atoms with Crippen LogP contribution >= 0.6 is 15.9 Å². The summed E-state index contributed by atoms with van der Waals surface area (Å²) in [5.74, 6) is -0.137. The molecule has 0 bridgehead atoms. The Morgan fingerprint density at radius 2 is 1.88 bits per heavy atom. The lowest BCUT2D eigenvalue weighted by atomic mass is 10.1. The van der Waals surface area contributed by atoms with Crippen molar-refractivity contribution in [2.75, 3.05) is 0 Å². The zero-order valence-corrected chi connectivity index (χ0v) is 15.8. The van der Waals surface area contributed by atoms with E-state index in [1.807, 2.05) is 44.6 Å². The van der Waals surface area contributed by atoms with Crippen LogP contribution in [0.3, 0.4) is 0 Å². The molecule has 1 aromatic carbocycles. The summed E-state index contributed by atoms with van der Waals surface area (Å²) in [7, 11) is 0. The predicted molar refractivity (Wildman–Crippen MR) is 101 cm³/mol. The van der Waals surface area contributed by atoms with Crippen molar-refractivity contribution in [2.24, 2.45) is 5.92 Å². The van der Waals surface area contributed by atoms with Crippen LogP contribution in [0.25, 0.3) is 5.69 Å². The van der Waals surface area contributed by atoms with Crippen molar-refractivity contribution in [3.8, 4) is 5.69 Å². The Balaban J connectivity index is 1.59. The van der Waals surface area contributed by atoms with Crippen molar-refractivity contribution in [3.63, 3.8) is 0 Å². The third-order valence-corrected chi connectivity index (χ3v) is 4.57. The smallest absolute Gasteiger partial charge is 0.225 e. The van der Waals surface area contributed by atoms with Gasteiger partial charge in [-0.25, -0.2) is 0 Å². The molecule has 2 aromatic heterocycles. The third-order valence-electron chi connectivity index (χ3n) is 4.16. The zero-order valence-electron chi connectivity index (χ0n) is 14.3. The zero-order chi connectivity index (χ0) is 17.8. The van der Waals surface area contributed by atoms with Gasteiger partial charge in [0, 0.05) is 24.3 Å². The summed E-state index contributed by atoms with van der Waals surface area (Å²) in [5.41, 5.74) is 2.18. The van der Waals surface area contributed by atoms with Crippen LogP contribution in [0.5, 0.6) is 0 Å². The Labute approximate surface area is 155 Å². The highest BCUT2D eigenvalue weighted by Crippen LogP contribution is 2.17. The second-order valence-corrected chi connectivity index (χ2v) is 7.11. The van der Waals surface area contributed by atoms with Crippen molar-refractivity contribution in [3.05, 3.63) is 71.2 Å². The van der Waals surface area contributed by atoms with Gasteiger partial charge in [-0.2, -0.15) is 5.10 Å². The first-order valence-corrected chi connectivity index (χ1v) is 9.04. The number of amides is 1. The van der Waals surface area contributed by atoms with Gasteiger partial charge in [0.15, 0.2) is 0 Å². The lowest BCUT2D eigenvalue weighted by Crippen LogP contribution is -2.33. The van der Waals surface area contributed by atoms with Crippen LogP contribution in [0, 0.1) is 5.92 Å². The Hall–Kier alpha value is -2.34. The van der Waals surface area contributed by atoms with E-state index in [4.69, 9.17) is 0 Å². The SMILES string of the molecule is CC(Cn1cc(Br)cn1)C(=O)NC(C)c1ccc(-n2cccc2)cc1. The van der Waals surface area contributed by atoms with E-state index in [1.165, 1.54) is 0 Å². The molecule has 1 amide bonds. The number of aromatic nitrogens is 3. The number of benzene rings is 1. The Kier molecular flexibility index (Phi) is 5.38. The monoisotopic (exact) mass is 400 g/mol. The molecule has 0 fully saturated rings. The topological polar surface area (TPSA) is 51.9 Å². The highest BCUT2D eigenvalue weighted by atomic mass is 79.9. The van der Waals surface area contributed by atoms with Crippen molar-refractivity contribution in [1.82, 2.24) is 19.7 Å². The van der Waals surface area contributed by atoms with Gasteiger partial charge in [-0.3, -0.25) is 9.48 Å². The number of halogens is 1. The fourth-order valence-electron chi connectivity index (χ4n) is 2.68. The van der Waals surface area contributed by atoms with Gasteiger partial charge in [0.25, 0.3) is 0 Å². The van der Waals surface area contributed by atoms with Crippen molar-refractivity contribution < 1.29 is 4.79 Å². The van der Waals surface area contributed by atoms with E-state index >= 15 is 0 Å². The number of hydrogen-bond donors (Lipinski definition) is 1. The lowest BCUT2D eigenvalue weighted by Gasteiger charge is -2.18. The average Bonchev–Trinajstić information content (AvgIpc) is 3.27. The second-order valence-electron chi connectivity index (χ2n) is 6.19. The van der Waals surface area contributed by atoms with Gasteiger partial charge in [0.05, 0.1) is 29.2 Å². The summed E-state index contributed by atoms with van der Waals surface area (Å²) >= 11 is 3.36. The fraction of sp³-hybridized carbons (Fsp3) is 0.263. The second kappa shape index (κ2) is 7.70. The fourth-order valence-corrected chi connectivity index (χ4v) is 3.01. The van der Waals surface area contributed by atoms with Crippen LogP contribution in [0.2, 0.25) is 0 Å². The maximum absolute atomic E-state index is 12.4. The van der Waals surface area contributed by atoms with Crippen LogP contribution in [-0.2, 0) is 11.3 Å². The molecule has 0 spiro atoms. The summed E-state index contributed by atoms with van der Waals surface area (Å²) in [6.07, 6.45) is 7.61. The average molecular weight is 401 g/mol. The molecule has 0 aliphatic heterocycles. The van der Waals surface area contributed by atoms with E-state index in [1.54, 1.807) is 10.9 Å². The summed E-state index contributed by atoms with van der Waals surface area (Å²) in [6.45, 7) is 4.46. The van der Waals surface area contributed by atoms with Crippen molar-refractivity contribution in [1.29, 1.82) is 0 Å². The number of nitrogens with zero attached hydrogens (tertiary/aromatic N) is 3. The number of rotatable bonds is 6. The van der Waals surface area contributed by atoms with E-state index in [0.29, 0.717) is 6.54 Å². The summed E-state index contributed by atoms with van der Waals surface area (Å²) in [6, 6.07) is 12.2. The maximum Gasteiger partial charge on any atom is 0.225 e. The molecule has 0 radical (unpaired) electrons. The van der Waals surface area contributed by atoms with Crippen molar-refractivity contribution >= 4 is 21.8 Å². The molecule has 0 saturated carbocycles. The standard InChI is InChI=1S/C19H21BrN4O/c1-14(12-24-13-17(20)11-21-24)19(25)22-15(2)16-5-7-18(8-6-16)23-9-3-4-10-23/h3-11,13-15H,12H2,1-2H3,(H,22,25). The van der Waals surface area contributed by atoms with E-state index < -0.39 is 0 Å². The Morgan fingerprint density at radius 3 is 2.48 bits per heavy atom. The van der Waals surface area contributed by atoms with Gasteiger partial charge >= 0.3 is 0 Å². The van der Waals surface area contributed by atoms with Gasteiger partial charge in [-0.15, -0.1) is 0 Å². The Bertz CT molecular complexity index is 823. The summed E-state index contributed by atoms with van der Waals surface area (Å²) < 4.78 is 4.73. The molecule has 6 heteroatoms. The minimum atomic E-state index is -0.159. The first-order chi connectivity index (χ1) is 12.0. The molecule has 25 heavy (non-hydrogen) atoms. The number of carbonyl (C=O) groups is 1. The molecule has 2 heterocycles. The van der Waals surface area contributed by atoms with Crippen LogP contribution in [0.4, 0.5) is 0 Å². The quantitative estimate of drug-likeness (QED) is 0.680. The van der Waals surface area contributed by atoms with Gasteiger partial charge in [-0.05, 0) is 52.7 Å². The normalized spacial score (nSPS) is 13.4. The van der Waals surface area contributed by atoms with Gasteiger partial charge in [0.2, 0.25) is 5.91 Å². The molecule has 2 atom stereocenters. The van der Waals surface area contributed by atoms with Crippen LogP contribution in [0.15, 0.2) is 65.7 Å². The predicted octanol–water partition coefficient (Wildman–Crippen LogP) is 3.95. The van der Waals surface area contributed by atoms with Crippen LogP contribution < -0.4 is 5.32 Å². The van der Waals surface area contributed by atoms with Crippen LogP contribution in [0.1, 0.15) is 25.5 Å². The van der Waals surface area contributed by atoms with Gasteiger partial charge in [0.1, 0.15) is 0 Å². The van der Waals surface area contributed by atoms with Crippen LogP contribution in [-0.4, -0.2) is 20.3 Å². The molecule has 130 valence electrons. The third kappa shape index (κ3) is 4.39. The van der Waals surface area contributed by atoms with E-state index in [9.17, 15) is 4.79 Å². The summed E-state index contributed by atoms with van der Waals surface area (Å²) in [5, 5.41) is 7.28. The lowest BCUT2D eigenvalue weighted by molar-refractivity contribution is -0.125. The van der Waals surface area contributed by atoms with E-state index in [2.05, 4.69) is 55.2 Å². The van der Waals surface area contributed by atoms with Gasteiger partial charge < -0.3 is 9.88 Å². The Morgan fingerprint density at radius 1 is 1.20 bits per heavy atom. The molecular weight excluding hydrogens is 380 g/mol. The highest BCUT2D eigenvalue weighted by molar-refractivity contribution is 9.10. The van der Waals surface area contributed by atoms with E-state index in [-0.39, 0.29) is 17.9 Å². The molecule has 1 N–H and O–H groups in total. The van der Waals surface area contributed by atoms with E-state index in [0.717, 1.165) is 15.7 Å².